The third-order valence-corrected chi connectivity index (χ3v) is 6.42. The number of nitrogens with one attached hydrogen (secondary N) is 1. The molecule has 160 valence electrons. The van der Waals surface area contributed by atoms with Crippen LogP contribution in [0.15, 0.2) is 24.3 Å². The van der Waals surface area contributed by atoms with Crippen LogP contribution in [0.1, 0.15) is 37.7 Å². The van der Waals surface area contributed by atoms with Crippen molar-refractivity contribution >= 4 is 24.8 Å². The molecule has 0 amide bonds. The first-order valence-corrected chi connectivity index (χ1v) is 10.3. The number of halogens is 3. The van der Waals surface area contributed by atoms with Crippen molar-refractivity contribution in [2.24, 2.45) is 0 Å². The zero-order valence-electron chi connectivity index (χ0n) is 16.6. The van der Waals surface area contributed by atoms with Crippen molar-refractivity contribution in [1.82, 2.24) is 15.1 Å². The van der Waals surface area contributed by atoms with Crippen molar-refractivity contribution < 1.29 is 9.13 Å². The first-order valence-electron chi connectivity index (χ1n) is 10.3. The van der Waals surface area contributed by atoms with Crippen molar-refractivity contribution in [3.05, 3.63) is 35.6 Å². The second-order valence-corrected chi connectivity index (χ2v) is 8.22. The zero-order chi connectivity index (χ0) is 17.8. The minimum absolute atomic E-state index is 0. The Kier molecular flexibility index (Phi) is 9.45. The molecule has 28 heavy (non-hydrogen) atoms. The molecule has 3 aliphatic rings. The summed E-state index contributed by atoms with van der Waals surface area (Å²) in [4.78, 5) is 5.19. The second-order valence-electron chi connectivity index (χ2n) is 8.22. The van der Waals surface area contributed by atoms with Gasteiger partial charge in [0.25, 0.3) is 0 Å². The average molecular weight is 434 g/mol. The number of benzene rings is 1. The molecule has 0 radical (unpaired) electrons. The molecule has 1 atom stereocenters. The van der Waals surface area contributed by atoms with Gasteiger partial charge >= 0.3 is 0 Å². The molecule has 1 aromatic carbocycles. The summed E-state index contributed by atoms with van der Waals surface area (Å²) in [7, 11) is 0. The lowest BCUT2D eigenvalue weighted by Gasteiger charge is -2.46. The molecule has 3 heterocycles. The standard InChI is InChI=1S/C21H32FN3O.2ClH/c22-19-4-1-3-18(15-19)17-24-10-2-11-25(13-12-24)20-5-14-26-21(16-20)6-8-23-9-7-21;;/h1,3-4,15,20,23H,2,5-14,16-17H2;2*1H. The van der Waals surface area contributed by atoms with Gasteiger partial charge in [0.1, 0.15) is 5.82 Å². The highest BCUT2D eigenvalue weighted by atomic mass is 35.5. The van der Waals surface area contributed by atoms with E-state index in [4.69, 9.17) is 4.74 Å². The van der Waals surface area contributed by atoms with Gasteiger partial charge in [0, 0.05) is 32.3 Å². The SMILES string of the molecule is Cl.Cl.Fc1cccc(CN2CCCN(C3CCOC4(CCNCC4)C3)CC2)c1. The van der Waals surface area contributed by atoms with Crippen LogP contribution < -0.4 is 5.32 Å². The average Bonchev–Trinajstić information content (AvgIpc) is 2.88. The van der Waals surface area contributed by atoms with Crippen molar-refractivity contribution in [1.29, 1.82) is 0 Å². The van der Waals surface area contributed by atoms with Gasteiger partial charge in [-0.25, -0.2) is 4.39 Å². The van der Waals surface area contributed by atoms with Crippen LogP contribution in [0.5, 0.6) is 0 Å². The third-order valence-electron chi connectivity index (χ3n) is 6.42. The topological polar surface area (TPSA) is 27.7 Å². The number of ether oxygens (including phenoxy) is 1. The van der Waals surface area contributed by atoms with E-state index in [-0.39, 0.29) is 36.2 Å². The molecule has 4 nitrogen and oxygen atoms in total. The van der Waals surface area contributed by atoms with Gasteiger partial charge in [-0.2, -0.15) is 0 Å². The Morgan fingerprint density at radius 3 is 2.71 bits per heavy atom. The molecule has 1 aromatic rings. The Morgan fingerprint density at radius 1 is 1.11 bits per heavy atom. The molecule has 1 N–H and O–H groups in total. The molecule has 0 bridgehead atoms. The van der Waals surface area contributed by atoms with Gasteiger partial charge in [0.15, 0.2) is 0 Å². The minimum Gasteiger partial charge on any atom is -0.375 e. The fourth-order valence-electron chi connectivity index (χ4n) is 4.95. The normalized spacial score (nSPS) is 26.1. The molecular formula is C21H34Cl2FN3O. The smallest absolute Gasteiger partial charge is 0.123 e. The van der Waals surface area contributed by atoms with Gasteiger partial charge in [-0.3, -0.25) is 9.80 Å². The van der Waals surface area contributed by atoms with Crippen LogP contribution in [0.4, 0.5) is 4.39 Å². The Balaban J connectivity index is 0.00000140. The van der Waals surface area contributed by atoms with E-state index in [1.165, 1.54) is 31.9 Å². The van der Waals surface area contributed by atoms with Gasteiger partial charge in [0.05, 0.1) is 5.60 Å². The summed E-state index contributed by atoms with van der Waals surface area (Å²) in [6.07, 6.45) is 5.87. The highest BCUT2D eigenvalue weighted by molar-refractivity contribution is 5.85. The Bertz CT molecular complexity index is 595. The molecule has 0 saturated carbocycles. The van der Waals surface area contributed by atoms with Crippen LogP contribution in [0.3, 0.4) is 0 Å². The van der Waals surface area contributed by atoms with Crippen LogP contribution in [-0.4, -0.2) is 67.3 Å². The molecule has 3 aliphatic heterocycles. The molecule has 3 saturated heterocycles. The van der Waals surface area contributed by atoms with Crippen LogP contribution in [-0.2, 0) is 11.3 Å². The summed E-state index contributed by atoms with van der Waals surface area (Å²) >= 11 is 0. The van der Waals surface area contributed by atoms with Gasteiger partial charge in [0.2, 0.25) is 0 Å². The lowest BCUT2D eigenvalue weighted by molar-refractivity contribution is -0.120. The number of hydrogen-bond donors (Lipinski definition) is 1. The fourth-order valence-corrected chi connectivity index (χ4v) is 4.95. The monoisotopic (exact) mass is 433 g/mol. The number of rotatable bonds is 3. The molecule has 1 spiro atoms. The fraction of sp³-hybridized carbons (Fsp3) is 0.714. The highest BCUT2D eigenvalue weighted by Crippen LogP contribution is 2.35. The summed E-state index contributed by atoms with van der Waals surface area (Å²) in [5.74, 6) is -0.131. The lowest BCUT2D eigenvalue weighted by atomic mass is 9.82. The van der Waals surface area contributed by atoms with E-state index in [1.807, 2.05) is 12.1 Å². The van der Waals surface area contributed by atoms with Crippen molar-refractivity contribution in [2.45, 2.75) is 50.3 Å². The largest absolute Gasteiger partial charge is 0.375 e. The molecule has 0 aliphatic carbocycles. The predicted octanol–water partition coefficient (Wildman–Crippen LogP) is 3.48. The molecule has 0 aromatic heterocycles. The maximum absolute atomic E-state index is 13.4. The van der Waals surface area contributed by atoms with Crippen molar-refractivity contribution in [2.75, 3.05) is 45.9 Å². The van der Waals surface area contributed by atoms with Crippen molar-refractivity contribution in [3.8, 4) is 0 Å². The second kappa shape index (κ2) is 11.1. The molecular weight excluding hydrogens is 400 g/mol. The van der Waals surface area contributed by atoms with Crippen molar-refractivity contribution in [3.63, 3.8) is 0 Å². The van der Waals surface area contributed by atoms with Gasteiger partial charge in [-0.1, -0.05) is 12.1 Å². The van der Waals surface area contributed by atoms with E-state index in [0.717, 1.165) is 64.3 Å². The van der Waals surface area contributed by atoms with Crippen LogP contribution in [0.2, 0.25) is 0 Å². The maximum atomic E-state index is 13.4. The number of nitrogens with zero attached hydrogens (tertiary/aromatic N) is 2. The van der Waals surface area contributed by atoms with E-state index in [2.05, 4.69) is 15.1 Å². The Morgan fingerprint density at radius 2 is 1.93 bits per heavy atom. The van der Waals surface area contributed by atoms with Gasteiger partial charge < -0.3 is 10.1 Å². The quantitative estimate of drug-likeness (QED) is 0.789. The predicted molar refractivity (Wildman–Crippen MR) is 116 cm³/mol. The molecule has 3 fully saturated rings. The highest BCUT2D eigenvalue weighted by Gasteiger charge is 2.40. The molecule has 1 unspecified atom stereocenters. The van der Waals surface area contributed by atoms with Crippen LogP contribution >= 0.6 is 24.8 Å². The van der Waals surface area contributed by atoms with E-state index >= 15 is 0 Å². The summed E-state index contributed by atoms with van der Waals surface area (Å²) in [6.45, 7) is 8.42. The molecule has 4 rings (SSSR count). The first-order chi connectivity index (χ1) is 12.7. The first kappa shape index (κ1) is 23.8. The minimum atomic E-state index is -0.131. The maximum Gasteiger partial charge on any atom is 0.123 e. The summed E-state index contributed by atoms with van der Waals surface area (Å²) in [5.41, 5.74) is 1.21. The lowest BCUT2D eigenvalue weighted by Crippen LogP contribution is -2.53. The number of hydrogen-bond acceptors (Lipinski definition) is 4. The summed E-state index contributed by atoms with van der Waals surface area (Å²) in [5, 5.41) is 3.47. The van der Waals surface area contributed by atoms with Gasteiger partial charge in [-0.05, 0) is 76.0 Å². The van der Waals surface area contributed by atoms with Crippen LogP contribution in [0.25, 0.3) is 0 Å². The summed E-state index contributed by atoms with van der Waals surface area (Å²) in [6, 6.07) is 7.70. The summed E-state index contributed by atoms with van der Waals surface area (Å²) < 4.78 is 19.7. The zero-order valence-corrected chi connectivity index (χ0v) is 18.2. The van der Waals surface area contributed by atoms with E-state index in [0.29, 0.717) is 6.04 Å². The van der Waals surface area contributed by atoms with E-state index < -0.39 is 0 Å². The number of piperidine rings is 1. The van der Waals surface area contributed by atoms with Gasteiger partial charge in [-0.15, -0.1) is 24.8 Å². The third kappa shape index (κ3) is 6.04. The molecule has 7 heteroatoms. The van der Waals surface area contributed by atoms with E-state index in [9.17, 15) is 4.39 Å². The Hall–Kier alpha value is -0.430. The van der Waals surface area contributed by atoms with E-state index in [1.54, 1.807) is 6.07 Å². The van der Waals surface area contributed by atoms with Crippen LogP contribution in [0, 0.1) is 5.82 Å². The Labute approximate surface area is 181 Å².